The second-order valence-corrected chi connectivity index (χ2v) is 3.87. The number of anilines is 1. The van der Waals surface area contributed by atoms with Gasteiger partial charge in [0, 0.05) is 12.7 Å². The molecule has 0 bridgehead atoms. The molecule has 1 heterocycles. The minimum absolute atomic E-state index is 0.278. The molecule has 0 aliphatic heterocycles. The molecule has 19 heavy (non-hydrogen) atoms. The molecule has 1 aromatic carbocycles. The van der Waals surface area contributed by atoms with Crippen LogP contribution in [0.5, 0.6) is 0 Å². The van der Waals surface area contributed by atoms with E-state index in [1.165, 1.54) is 24.5 Å². The van der Waals surface area contributed by atoms with E-state index in [0.717, 1.165) is 5.56 Å². The highest BCUT2D eigenvalue weighted by molar-refractivity contribution is 5.99. The number of nitrogens with one attached hydrogen (secondary N) is 2. The highest BCUT2D eigenvalue weighted by Crippen LogP contribution is 2.11. The molecule has 98 valence electrons. The minimum Gasteiger partial charge on any atom is -0.348 e. The average Bonchev–Trinajstić information content (AvgIpc) is 2.46. The van der Waals surface area contributed by atoms with Crippen LogP contribution < -0.4 is 16.6 Å². The molecule has 2 aromatic rings. The number of nitrogens with two attached hydrogens (primary N) is 1. The standard InChI is InChI=1S/C13H13FN4O/c14-10-3-1-9(2-4-10)7-17-13(19)11-5-6-16-8-12(11)18-15/h1-6,8,18H,7,15H2,(H,17,19). The summed E-state index contributed by atoms with van der Waals surface area (Å²) in [5, 5.41) is 2.72. The topological polar surface area (TPSA) is 80.0 Å². The van der Waals surface area contributed by atoms with E-state index in [1.54, 1.807) is 18.2 Å². The number of rotatable bonds is 4. The van der Waals surface area contributed by atoms with Crippen LogP contribution in [0.2, 0.25) is 0 Å². The largest absolute Gasteiger partial charge is 0.348 e. The number of carbonyl (C=O) groups excluding carboxylic acids is 1. The maximum atomic E-state index is 12.7. The predicted molar refractivity (Wildman–Crippen MR) is 69.6 cm³/mol. The number of carbonyl (C=O) groups is 1. The molecule has 6 heteroatoms. The summed E-state index contributed by atoms with van der Waals surface area (Å²) < 4.78 is 12.7. The van der Waals surface area contributed by atoms with E-state index in [4.69, 9.17) is 5.84 Å². The van der Waals surface area contributed by atoms with Crippen molar-refractivity contribution in [3.05, 3.63) is 59.7 Å². The Morgan fingerprint density at radius 3 is 2.68 bits per heavy atom. The van der Waals surface area contributed by atoms with Crippen molar-refractivity contribution in [3.63, 3.8) is 0 Å². The lowest BCUT2D eigenvalue weighted by molar-refractivity contribution is 0.0951. The Morgan fingerprint density at radius 1 is 1.26 bits per heavy atom. The fourth-order valence-electron chi connectivity index (χ4n) is 1.59. The predicted octanol–water partition coefficient (Wildman–Crippen LogP) is 1.44. The Hall–Kier alpha value is -2.47. The van der Waals surface area contributed by atoms with E-state index >= 15 is 0 Å². The van der Waals surface area contributed by atoms with Gasteiger partial charge in [-0.25, -0.2) is 4.39 Å². The van der Waals surface area contributed by atoms with Crippen LogP contribution in [0.3, 0.4) is 0 Å². The van der Waals surface area contributed by atoms with Gasteiger partial charge in [0.2, 0.25) is 0 Å². The number of benzene rings is 1. The third-order valence-electron chi connectivity index (χ3n) is 2.59. The van der Waals surface area contributed by atoms with Crippen molar-refractivity contribution in [1.82, 2.24) is 10.3 Å². The van der Waals surface area contributed by atoms with Crippen LogP contribution in [0, 0.1) is 5.82 Å². The maximum Gasteiger partial charge on any atom is 0.253 e. The summed E-state index contributed by atoms with van der Waals surface area (Å²) in [5.41, 5.74) is 4.07. The van der Waals surface area contributed by atoms with E-state index in [0.29, 0.717) is 17.8 Å². The molecule has 0 radical (unpaired) electrons. The van der Waals surface area contributed by atoms with Crippen LogP contribution >= 0.6 is 0 Å². The zero-order chi connectivity index (χ0) is 13.7. The molecule has 0 fully saturated rings. The summed E-state index contributed by atoms with van der Waals surface area (Å²) in [4.78, 5) is 15.8. The summed E-state index contributed by atoms with van der Waals surface area (Å²) in [5.74, 6) is 4.72. The zero-order valence-electron chi connectivity index (χ0n) is 10.1. The summed E-state index contributed by atoms with van der Waals surface area (Å²) in [6.45, 7) is 0.311. The molecule has 0 atom stereocenters. The van der Waals surface area contributed by atoms with Crippen molar-refractivity contribution in [3.8, 4) is 0 Å². The maximum absolute atomic E-state index is 12.7. The Balaban J connectivity index is 2.03. The van der Waals surface area contributed by atoms with Crippen LogP contribution in [0.4, 0.5) is 10.1 Å². The fraction of sp³-hybridized carbons (Fsp3) is 0.0769. The Morgan fingerprint density at radius 2 is 2.00 bits per heavy atom. The Labute approximate surface area is 109 Å². The molecule has 5 nitrogen and oxygen atoms in total. The van der Waals surface area contributed by atoms with Gasteiger partial charge < -0.3 is 10.7 Å². The SMILES string of the molecule is NNc1cnccc1C(=O)NCc1ccc(F)cc1. The first kappa shape index (κ1) is 13.0. The molecular weight excluding hydrogens is 247 g/mol. The highest BCUT2D eigenvalue weighted by Gasteiger charge is 2.10. The second kappa shape index (κ2) is 5.92. The minimum atomic E-state index is -0.307. The van der Waals surface area contributed by atoms with Crippen LogP contribution in [-0.4, -0.2) is 10.9 Å². The third-order valence-corrected chi connectivity index (χ3v) is 2.59. The fourth-order valence-corrected chi connectivity index (χ4v) is 1.59. The number of nitrogens with zero attached hydrogens (tertiary/aromatic N) is 1. The number of amides is 1. The first-order chi connectivity index (χ1) is 9.20. The number of hydrazine groups is 1. The van der Waals surface area contributed by atoms with Gasteiger partial charge in [0.15, 0.2) is 0 Å². The molecule has 0 unspecified atom stereocenters. The van der Waals surface area contributed by atoms with Gasteiger partial charge in [-0.2, -0.15) is 0 Å². The van der Waals surface area contributed by atoms with E-state index in [1.807, 2.05) is 0 Å². The molecule has 0 spiro atoms. The van der Waals surface area contributed by atoms with Crippen molar-refractivity contribution < 1.29 is 9.18 Å². The van der Waals surface area contributed by atoms with E-state index in [9.17, 15) is 9.18 Å². The van der Waals surface area contributed by atoms with Gasteiger partial charge in [-0.1, -0.05) is 12.1 Å². The molecule has 4 N–H and O–H groups in total. The number of hydrogen-bond acceptors (Lipinski definition) is 4. The molecule has 0 saturated heterocycles. The molecule has 0 saturated carbocycles. The quantitative estimate of drug-likeness (QED) is 0.574. The molecule has 0 aliphatic carbocycles. The summed E-state index contributed by atoms with van der Waals surface area (Å²) in [7, 11) is 0. The molecule has 1 aromatic heterocycles. The van der Waals surface area contributed by atoms with Gasteiger partial charge in [-0.15, -0.1) is 0 Å². The summed E-state index contributed by atoms with van der Waals surface area (Å²) in [6.07, 6.45) is 2.97. The summed E-state index contributed by atoms with van der Waals surface area (Å²) in [6, 6.07) is 7.49. The van der Waals surface area contributed by atoms with Gasteiger partial charge in [-0.3, -0.25) is 15.6 Å². The Bertz CT molecular complexity index is 571. The van der Waals surface area contributed by atoms with E-state index in [-0.39, 0.29) is 11.7 Å². The number of pyridine rings is 1. The van der Waals surface area contributed by atoms with Gasteiger partial charge in [0.05, 0.1) is 17.4 Å². The lowest BCUT2D eigenvalue weighted by Gasteiger charge is -2.09. The van der Waals surface area contributed by atoms with E-state index < -0.39 is 0 Å². The van der Waals surface area contributed by atoms with Crippen molar-refractivity contribution in [1.29, 1.82) is 0 Å². The molecule has 0 aliphatic rings. The van der Waals surface area contributed by atoms with Crippen molar-refractivity contribution in [2.45, 2.75) is 6.54 Å². The molecular formula is C13H13FN4O. The van der Waals surface area contributed by atoms with Crippen LogP contribution in [0.15, 0.2) is 42.7 Å². The highest BCUT2D eigenvalue weighted by atomic mass is 19.1. The van der Waals surface area contributed by atoms with Crippen molar-refractivity contribution in [2.75, 3.05) is 5.43 Å². The number of halogens is 1. The third kappa shape index (κ3) is 3.26. The van der Waals surface area contributed by atoms with Crippen LogP contribution in [-0.2, 0) is 6.54 Å². The molecule has 1 amide bonds. The summed E-state index contributed by atoms with van der Waals surface area (Å²) >= 11 is 0. The number of aromatic nitrogens is 1. The Kier molecular flexibility index (Phi) is 4.04. The average molecular weight is 260 g/mol. The normalized spacial score (nSPS) is 10.0. The zero-order valence-corrected chi connectivity index (χ0v) is 10.1. The van der Waals surface area contributed by atoms with Gasteiger partial charge in [0.1, 0.15) is 5.82 Å². The van der Waals surface area contributed by atoms with Crippen LogP contribution in [0.1, 0.15) is 15.9 Å². The van der Waals surface area contributed by atoms with Crippen molar-refractivity contribution in [2.24, 2.45) is 5.84 Å². The monoisotopic (exact) mass is 260 g/mol. The molecule has 2 rings (SSSR count). The number of nitrogen functional groups attached to an aromatic ring is 1. The lowest BCUT2D eigenvalue weighted by Crippen LogP contribution is -2.24. The second-order valence-electron chi connectivity index (χ2n) is 3.87. The number of hydrogen-bond donors (Lipinski definition) is 3. The lowest BCUT2D eigenvalue weighted by atomic mass is 10.2. The van der Waals surface area contributed by atoms with E-state index in [2.05, 4.69) is 15.7 Å². The smallest absolute Gasteiger partial charge is 0.253 e. The van der Waals surface area contributed by atoms with Gasteiger partial charge >= 0.3 is 0 Å². The van der Waals surface area contributed by atoms with Gasteiger partial charge in [0.25, 0.3) is 5.91 Å². The van der Waals surface area contributed by atoms with Crippen molar-refractivity contribution >= 4 is 11.6 Å². The van der Waals surface area contributed by atoms with Gasteiger partial charge in [-0.05, 0) is 23.8 Å². The first-order valence-corrected chi connectivity index (χ1v) is 5.64. The van der Waals surface area contributed by atoms with Crippen LogP contribution in [0.25, 0.3) is 0 Å². The first-order valence-electron chi connectivity index (χ1n) is 5.64.